The molecule has 88 valence electrons. The molecule has 0 spiro atoms. The molecule has 1 aromatic rings. The Morgan fingerprint density at radius 3 is 2.69 bits per heavy atom. The van der Waals surface area contributed by atoms with Crippen LogP contribution in [0.5, 0.6) is 0 Å². The molecule has 0 aromatic carbocycles. The summed E-state index contributed by atoms with van der Waals surface area (Å²) in [5.41, 5.74) is 0.648. The van der Waals surface area contributed by atoms with E-state index in [2.05, 4.69) is 5.10 Å². The first-order valence-corrected chi connectivity index (χ1v) is 6.62. The zero-order chi connectivity index (χ0) is 11.7. The zero-order valence-electron chi connectivity index (χ0n) is 8.96. The van der Waals surface area contributed by atoms with Crippen molar-refractivity contribution in [2.45, 2.75) is 25.8 Å². The summed E-state index contributed by atoms with van der Waals surface area (Å²) in [6.45, 7) is 1.71. The van der Waals surface area contributed by atoms with Crippen molar-refractivity contribution in [3.63, 3.8) is 0 Å². The number of hydrogen-bond acceptors (Lipinski definition) is 4. The maximum atomic E-state index is 11.2. The molecule has 0 saturated carbocycles. The fourth-order valence-electron chi connectivity index (χ4n) is 1.99. The Labute approximate surface area is 96.0 Å². The molecular formula is C9H13N3O3S. The lowest BCUT2D eigenvalue weighted by molar-refractivity contribution is -0.385. The molecule has 7 heteroatoms. The van der Waals surface area contributed by atoms with Gasteiger partial charge in [0.15, 0.2) is 0 Å². The molecule has 0 aliphatic carbocycles. The Hall–Kier alpha value is -1.08. The van der Waals surface area contributed by atoms with Crippen molar-refractivity contribution in [3.05, 3.63) is 22.0 Å². The number of hydrogen-bond donors (Lipinski definition) is 0. The highest BCUT2D eigenvalue weighted by Crippen LogP contribution is 2.27. The summed E-state index contributed by atoms with van der Waals surface area (Å²) in [6, 6.07) is 0.159. The van der Waals surface area contributed by atoms with Crippen LogP contribution in [0, 0.1) is 17.0 Å². The van der Waals surface area contributed by atoms with Gasteiger partial charge in [-0.15, -0.1) is 0 Å². The largest absolute Gasteiger partial charge is 0.616 e. The van der Waals surface area contributed by atoms with Gasteiger partial charge in [0.2, 0.25) is 0 Å². The van der Waals surface area contributed by atoms with Gasteiger partial charge >= 0.3 is 5.69 Å². The van der Waals surface area contributed by atoms with Crippen LogP contribution in [0.15, 0.2) is 6.20 Å². The van der Waals surface area contributed by atoms with Crippen molar-refractivity contribution in [2.75, 3.05) is 11.5 Å². The number of nitro groups is 1. The molecule has 0 bridgehead atoms. The average molecular weight is 243 g/mol. The van der Waals surface area contributed by atoms with Gasteiger partial charge in [-0.05, 0) is 6.92 Å². The quantitative estimate of drug-likeness (QED) is 0.443. The normalized spacial score (nSPS) is 25.6. The van der Waals surface area contributed by atoms with Crippen LogP contribution in [0.2, 0.25) is 0 Å². The van der Waals surface area contributed by atoms with E-state index >= 15 is 0 Å². The molecule has 0 amide bonds. The van der Waals surface area contributed by atoms with E-state index in [-0.39, 0.29) is 11.7 Å². The summed E-state index contributed by atoms with van der Waals surface area (Å²) in [5, 5.41) is 14.7. The maximum absolute atomic E-state index is 11.2. The molecule has 1 aliphatic rings. The minimum atomic E-state index is -0.718. The summed E-state index contributed by atoms with van der Waals surface area (Å²) in [6.07, 6.45) is 2.86. The van der Waals surface area contributed by atoms with Crippen LogP contribution in [-0.4, -0.2) is 30.8 Å². The Morgan fingerprint density at radius 2 is 2.19 bits per heavy atom. The van der Waals surface area contributed by atoms with Gasteiger partial charge in [0.1, 0.15) is 23.4 Å². The van der Waals surface area contributed by atoms with Gasteiger partial charge in [-0.3, -0.25) is 14.8 Å². The standard InChI is InChI=1S/C9H13N3O3S/c1-7-9(12(13)14)6-10-11(7)8-2-4-16(15)5-3-8/h6,8H,2-5H2,1H3. The molecule has 1 saturated heterocycles. The number of aromatic nitrogens is 2. The van der Waals surface area contributed by atoms with E-state index in [0.29, 0.717) is 17.2 Å². The third kappa shape index (κ3) is 2.05. The second kappa shape index (κ2) is 4.42. The van der Waals surface area contributed by atoms with Gasteiger partial charge in [-0.1, -0.05) is 11.2 Å². The topological polar surface area (TPSA) is 84.0 Å². The van der Waals surface area contributed by atoms with E-state index in [4.69, 9.17) is 0 Å². The molecular weight excluding hydrogens is 230 g/mol. The van der Waals surface area contributed by atoms with Crippen molar-refractivity contribution in [3.8, 4) is 0 Å². The molecule has 1 fully saturated rings. The molecule has 0 atom stereocenters. The molecule has 0 unspecified atom stereocenters. The lowest BCUT2D eigenvalue weighted by Gasteiger charge is -2.24. The smallest absolute Gasteiger partial charge is 0.309 e. The van der Waals surface area contributed by atoms with Gasteiger partial charge in [-0.2, -0.15) is 5.10 Å². The van der Waals surface area contributed by atoms with Crippen LogP contribution in [0.1, 0.15) is 24.6 Å². The summed E-state index contributed by atoms with van der Waals surface area (Å²) >= 11 is -0.718. The minimum Gasteiger partial charge on any atom is -0.616 e. The lowest BCUT2D eigenvalue weighted by Crippen LogP contribution is -2.26. The predicted molar refractivity (Wildman–Crippen MR) is 59.8 cm³/mol. The van der Waals surface area contributed by atoms with Gasteiger partial charge in [-0.25, -0.2) is 0 Å². The summed E-state index contributed by atoms with van der Waals surface area (Å²) in [7, 11) is 0. The van der Waals surface area contributed by atoms with Crippen molar-refractivity contribution >= 4 is 16.9 Å². The van der Waals surface area contributed by atoms with Gasteiger partial charge in [0, 0.05) is 12.8 Å². The number of nitrogens with zero attached hydrogens (tertiary/aromatic N) is 3. The van der Waals surface area contributed by atoms with Crippen LogP contribution in [0.3, 0.4) is 0 Å². The van der Waals surface area contributed by atoms with Gasteiger partial charge in [0.05, 0.1) is 11.0 Å². The first-order valence-electron chi connectivity index (χ1n) is 5.13. The van der Waals surface area contributed by atoms with E-state index in [1.54, 1.807) is 11.6 Å². The fourth-order valence-corrected chi connectivity index (χ4v) is 3.26. The van der Waals surface area contributed by atoms with Crippen molar-refractivity contribution in [2.24, 2.45) is 0 Å². The first-order chi connectivity index (χ1) is 7.59. The predicted octanol–water partition coefficient (Wildman–Crippen LogP) is 1.18. The summed E-state index contributed by atoms with van der Waals surface area (Å²) < 4.78 is 12.9. The van der Waals surface area contributed by atoms with Crippen LogP contribution in [-0.2, 0) is 11.2 Å². The maximum Gasteiger partial charge on any atom is 0.309 e. The Balaban J connectivity index is 2.18. The van der Waals surface area contributed by atoms with E-state index in [1.165, 1.54) is 6.20 Å². The molecule has 2 heterocycles. The molecule has 2 rings (SSSR count). The first kappa shape index (κ1) is 11.4. The van der Waals surface area contributed by atoms with Crippen LogP contribution < -0.4 is 0 Å². The fraction of sp³-hybridized carbons (Fsp3) is 0.667. The summed E-state index contributed by atoms with van der Waals surface area (Å²) in [4.78, 5) is 10.3. The molecule has 6 nitrogen and oxygen atoms in total. The minimum absolute atomic E-state index is 0.0618. The summed E-state index contributed by atoms with van der Waals surface area (Å²) in [5.74, 6) is 1.33. The van der Waals surface area contributed by atoms with Crippen molar-refractivity contribution < 1.29 is 9.48 Å². The van der Waals surface area contributed by atoms with Crippen LogP contribution in [0.4, 0.5) is 5.69 Å². The highest BCUT2D eigenvalue weighted by Gasteiger charge is 2.27. The third-order valence-corrected chi connectivity index (χ3v) is 4.30. The molecule has 16 heavy (non-hydrogen) atoms. The number of rotatable bonds is 2. The Bertz CT molecular complexity index is 399. The van der Waals surface area contributed by atoms with Crippen molar-refractivity contribution in [1.82, 2.24) is 9.78 Å². The van der Waals surface area contributed by atoms with Crippen LogP contribution >= 0.6 is 0 Å². The highest BCUT2D eigenvalue weighted by molar-refractivity contribution is 7.91. The van der Waals surface area contributed by atoms with Gasteiger partial charge < -0.3 is 4.55 Å². The average Bonchev–Trinajstić information content (AvgIpc) is 2.61. The Kier molecular flexibility index (Phi) is 3.15. The molecule has 0 N–H and O–H groups in total. The van der Waals surface area contributed by atoms with Gasteiger partial charge in [0.25, 0.3) is 0 Å². The molecule has 1 aromatic heterocycles. The monoisotopic (exact) mass is 243 g/mol. The van der Waals surface area contributed by atoms with E-state index in [0.717, 1.165) is 12.8 Å². The van der Waals surface area contributed by atoms with E-state index in [9.17, 15) is 14.7 Å². The molecule has 1 aliphatic heterocycles. The second-order valence-electron chi connectivity index (χ2n) is 3.90. The van der Waals surface area contributed by atoms with E-state index < -0.39 is 16.1 Å². The molecule has 0 radical (unpaired) electrons. The third-order valence-electron chi connectivity index (χ3n) is 2.92. The van der Waals surface area contributed by atoms with E-state index in [1.807, 2.05) is 0 Å². The van der Waals surface area contributed by atoms with Crippen molar-refractivity contribution in [1.29, 1.82) is 0 Å². The Morgan fingerprint density at radius 1 is 1.56 bits per heavy atom. The SMILES string of the molecule is Cc1c([N+](=O)[O-])cnn1C1CC[S+]([O-])CC1. The lowest BCUT2D eigenvalue weighted by atomic mass is 10.1. The van der Waals surface area contributed by atoms with Crippen LogP contribution in [0.25, 0.3) is 0 Å². The highest BCUT2D eigenvalue weighted by atomic mass is 32.2. The zero-order valence-corrected chi connectivity index (χ0v) is 9.77. The second-order valence-corrected chi connectivity index (χ2v) is 5.59.